The molecule has 5 heteroatoms. The van der Waals surface area contributed by atoms with Crippen molar-refractivity contribution >= 4 is 27.4 Å². The molecule has 80 valence electrons. The summed E-state index contributed by atoms with van der Waals surface area (Å²) in [6.45, 7) is 1.95. The summed E-state index contributed by atoms with van der Waals surface area (Å²) in [6.07, 6.45) is 0. The average molecular weight is 230 g/mol. The number of hydrogen-bond acceptors (Lipinski definition) is 4. The minimum absolute atomic E-state index is 0.511. The Morgan fingerprint density at radius 2 is 2.12 bits per heavy atom. The van der Waals surface area contributed by atoms with E-state index in [0.29, 0.717) is 5.82 Å². The molecular weight excluding hydrogens is 220 g/mol. The zero-order chi connectivity index (χ0) is 11.1. The molecule has 3 aromatic rings. The van der Waals surface area contributed by atoms with Gasteiger partial charge in [-0.1, -0.05) is 12.1 Å². The number of nitrogens with zero attached hydrogens (tertiary/aromatic N) is 2. The van der Waals surface area contributed by atoms with Gasteiger partial charge in [-0.15, -0.1) is 11.3 Å². The number of anilines is 1. The first-order valence-electron chi connectivity index (χ1n) is 4.92. The molecule has 0 saturated heterocycles. The van der Waals surface area contributed by atoms with Gasteiger partial charge in [-0.25, -0.2) is 4.98 Å². The first kappa shape index (κ1) is 9.35. The molecule has 0 radical (unpaired) electrons. The Morgan fingerprint density at radius 3 is 2.81 bits per heavy atom. The van der Waals surface area contributed by atoms with Gasteiger partial charge in [0.05, 0.1) is 15.8 Å². The summed E-state index contributed by atoms with van der Waals surface area (Å²) in [6, 6.07) is 8.05. The van der Waals surface area contributed by atoms with Crippen molar-refractivity contribution in [2.75, 3.05) is 5.73 Å². The molecule has 0 aliphatic rings. The fourth-order valence-electron chi connectivity index (χ4n) is 1.70. The first-order chi connectivity index (χ1) is 7.75. The molecule has 0 aliphatic heterocycles. The van der Waals surface area contributed by atoms with Crippen molar-refractivity contribution in [3.05, 3.63) is 30.0 Å². The van der Waals surface area contributed by atoms with Crippen molar-refractivity contribution in [2.45, 2.75) is 6.92 Å². The first-order valence-corrected chi connectivity index (χ1v) is 5.74. The van der Waals surface area contributed by atoms with E-state index < -0.39 is 0 Å². The normalized spacial score (nSPS) is 11.1. The summed E-state index contributed by atoms with van der Waals surface area (Å²) in [4.78, 5) is 4.56. The molecule has 0 aliphatic carbocycles. The third-order valence-corrected chi connectivity index (χ3v) is 3.54. The second-order valence-electron chi connectivity index (χ2n) is 3.60. The second kappa shape index (κ2) is 3.31. The van der Waals surface area contributed by atoms with E-state index in [9.17, 15) is 0 Å². The molecule has 1 aromatic carbocycles. The van der Waals surface area contributed by atoms with Gasteiger partial charge in [0.15, 0.2) is 5.82 Å². The lowest BCUT2D eigenvalue weighted by atomic mass is 10.2. The number of H-pyrrole nitrogens is 1. The predicted octanol–water partition coefficient (Wildman–Crippen LogP) is 2.58. The SMILES string of the molecule is Cc1[nH]nc(N)c1-c1nc2ccccc2s1. The number of benzene rings is 1. The highest BCUT2D eigenvalue weighted by Gasteiger charge is 2.14. The van der Waals surface area contributed by atoms with E-state index >= 15 is 0 Å². The Balaban J connectivity index is 2.27. The minimum atomic E-state index is 0.511. The van der Waals surface area contributed by atoms with Crippen LogP contribution in [0.25, 0.3) is 20.8 Å². The van der Waals surface area contributed by atoms with Crippen molar-refractivity contribution in [3.8, 4) is 10.6 Å². The number of aromatic nitrogens is 3. The highest BCUT2D eigenvalue weighted by Crippen LogP contribution is 2.34. The summed E-state index contributed by atoms with van der Waals surface area (Å²) in [7, 11) is 0. The number of nitrogens with one attached hydrogen (secondary N) is 1. The number of thiazole rings is 1. The van der Waals surface area contributed by atoms with Gasteiger partial charge in [-0.05, 0) is 19.1 Å². The van der Waals surface area contributed by atoms with E-state index in [0.717, 1.165) is 26.5 Å². The molecule has 0 bridgehead atoms. The van der Waals surface area contributed by atoms with Crippen LogP contribution in [0, 0.1) is 6.92 Å². The van der Waals surface area contributed by atoms with Crippen LogP contribution in [0.3, 0.4) is 0 Å². The average Bonchev–Trinajstić information content (AvgIpc) is 2.82. The molecule has 0 spiro atoms. The van der Waals surface area contributed by atoms with E-state index in [-0.39, 0.29) is 0 Å². The van der Waals surface area contributed by atoms with Gasteiger partial charge in [0.25, 0.3) is 0 Å². The fourth-order valence-corrected chi connectivity index (χ4v) is 2.77. The molecule has 2 aromatic heterocycles. The van der Waals surface area contributed by atoms with E-state index in [4.69, 9.17) is 5.73 Å². The number of hydrogen-bond donors (Lipinski definition) is 2. The molecule has 0 amide bonds. The lowest BCUT2D eigenvalue weighted by molar-refractivity contribution is 1.05. The molecule has 16 heavy (non-hydrogen) atoms. The maximum Gasteiger partial charge on any atom is 0.155 e. The molecule has 3 N–H and O–H groups in total. The summed E-state index contributed by atoms with van der Waals surface area (Å²) in [5.41, 5.74) is 8.69. The summed E-state index contributed by atoms with van der Waals surface area (Å²) in [5.74, 6) is 0.511. The molecule has 4 nitrogen and oxygen atoms in total. The molecule has 0 unspecified atom stereocenters. The Labute approximate surface area is 96.1 Å². The van der Waals surface area contributed by atoms with Gasteiger partial charge in [-0.3, -0.25) is 5.10 Å². The van der Waals surface area contributed by atoms with Crippen molar-refractivity contribution in [1.29, 1.82) is 0 Å². The van der Waals surface area contributed by atoms with Gasteiger partial charge in [0.2, 0.25) is 0 Å². The van der Waals surface area contributed by atoms with Crippen LogP contribution >= 0.6 is 11.3 Å². The zero-order valence-electron chi connectivity index (χ0n) is 8.69. The molecule has 3 rings (SSSR count). The fraction of sp³-hybridized carbons (Fsp3) is 0.0909. The number of nitrogens with two attached hydrogens (primary N) is 1. The maximum atomic E-state index is 5.82. The van der Waals surface area contributed by atoms with Crippen molar-refractivity contribution in [1.82, 2.24) is 15.2 Å². The zero-order valence-corrected chi connectivity index (χ0v) is 9.51. The Hall–Kier alpha value is -1.88. The van der Waals surface area contributed by atoms with Crippen LogP contribution < -0.4 is 5.73 Å². The van der Waals surface area contributed by atoms with Crippen LogP contribution in [0.15, 0.2) is 24.3 Å². The smallest absolute Gasteiger partial charge is 0.155 e. The molecule has 0 fully saturated rings. The van der Waals surface area contributed by atoms with E-state index in [1.54, 1.807) is 11.3 Å². The second-order valence-corrected chi connectivity index (χ2v) is 4.63. The third-order valence-electron chi connectivity index (χ3n) is 2.48. The van der Waals surface area contributed by atoms with Gasteiger partial charge in [0.1, 0.15) is 5.01 Å². The lowest BCUT2D eigenvalue weighted by Gasteiger charge is -1.93. The number of para-hydroxylation sites is 1. The lowest BCUT2D eigenvalue weighted by Crippen LogP contribution is -1.87. The van der Waals surface area contributed by atoms with Gasteiger partial charge in [-0.2, -0.15) is 5.10 Å². The third kappa shape index (κ3) is 1.29. The Kier molecular flexibility index (Phi) is 1.94. The Bertz CT molecular complexity index is 600. The van der Waals surface area contributed by atoms with Crippen LogP contribution in [0.4, 0.5) is 5.82 Å². The molecule has 2 heterocycles. The summed E-state index contributed by atoms with van der Waals surface area (Å²) in [5, 5.41) is 7.77. The van der Waals surface area contributed by atoms with Crippen LogP contribution in [-0.2, 0) is 0 Å². The van der Waals surface area contributed by atoms with Crippen molar-refractivity contribution in [2.24, 2.45) is 0 Å². The van der Waals surface area contributed by atoms with E-state index in [1.165, 1.54) is 0 Å². The minimum Gasteiger partial charge on any atom is -0.382 e. The summed E-state index contributed by atoms with van der Waals surface area (Å²) >= 11 is 1.63. The van der Waals surface area contributed by atoms with Crippen LogP contribution in [0.1, 0.15) is 5.69 Å². The van der Waals surface area contributed by atoms with Crippen molar-refractivity contribution in [3.63, 3.8) is 0 Å². The number of nitrogen functional groups attached to an aromatic ring is 1. The number of aromatic amines is 1. The standard InChI is InChI=1S/C11H10N4S/c1-6-9(10(12)15-14-6)11-13-7-4-2-3-5-8(7)16-11/h2-5H,1H3,(H3,12,14,15). The monoisotopic (exact) mass is 230 g/mol. The largest absolute Gasteiger partial charge is 0.382 e. The summed E-state index contributed by atoms with van der Waals surface area (Å²) < 4.78 is 1.16. The topological polar surface area (TPSA) is 67.6 Å². The molecule has 0 atom stereocenters. The highest BCUT2D eigenvalue weighted by molar-refractivity contribution is 7.21. The maximum absolute atomic E-state index is 5.82. The van der Waals surface area contributed by atoms with Crippen LogP contribution in [0.5, 0.6) is 0 Å². The quantitative estimate of drug-likeness (QED) is 0.675. The highest BCUT2D eigenvalue weighted by atomic mass is 32.1. The van der Waals surface area contributed by atoms with Crippen LogP contribution in [-0.4, -0.2) is 15.2 Å². The molecular formula is C11H10N4S. The van der Waals surface area contributed by atoms with Gasteiger partial charge < -0.3 is 5.73 Å². The van der Waals surface area contributed by atoms with E-state index in [2.05, 4.69) is 21.2 Å². The van der Waals surface area contributed by atoms with Crippen LogP contribution in [0.2, 0.25) is 0 Å². The predicted molar refractivity (Wildman–Crippen MR) is 66.4 cm³/mol. The number of aryl methyl sites for hydroxylation is 1. The van der Waals surface area contributed by atoms with Crippen molar-refractivity contribution < 1.29 is 0 Å². The molecule has 0 saturated carbocycles. The number of fused-ring (bicyclic) bond motifs is 1. The van der Waals surface area contributed by atoms with Gasteiger partial charge in [0, 0.05) is 5.69 Å². The van der Waals surface area contributed by atoms with E-state index in [1.807, 2.05) is 25.1 Å². The van der Waals surface area contributed by atoms with Gasteiger partial charge >= 0.3 is 0 Å². The number of rotatable bonds is 1. The Morgan fingerprint density at radius 1 is 1.31 bits per heavy atom.